The summed E-state index contributed by atoms with van der Waals surface area (Å²) in [6.45, 7) is 3.97. The van der Waals surface area contributed by atoms with Gasteiger partial charge in [0.1, 0.15) is 0 Å². The van der Waals surface area contributed by atoms with E-state index in [9.17, 15) is 4.79 Å². The van der Waals surface area contributed by atoms with Crippen molar-refractivity contribution in [2.24, 2.45) is 0 Å². The first-order valence-corrected chi connectivity index (χ1v) is 10.1. The molecule has 148 valence electrons. The minimum Gasteiger partial charge on any atom is -0.341 e. The lowest BCUT2D eigenvalue weighted by atomic mass is 9.99. The molecule has 0 aliphatic carbocycles. The quantitative estimate of drug-likeness (QED) is 0.700. The Kier molecular flexibility index (Phi) is 5.79. The third-order valence-electron chi connectivity index (χ3n) is 5.25. The van der Waals surface area contributed by atoms with Crippen molar-refractivity contribution >= 4 is 11.9 Å². The van der Waals surface area contributed by atoms with Crippen molar-refractivity contribution in [1.82, 2.24) is 20.3 Å². The molecule has 1 amide bonds. The maximum Gasteiger partial charge on any atom is 0.255 e. The summed E-state index contributed by atoms with van der Waals surface area (Å²) in [5.41, 5.74) is 3.24. The number of anilines is 1. The first-order valence-electron chi connectivity index (χ1n) is 10.1. The van der Waals surface area contributed by atoms with Crippen molar-refractivity contribution in [2.45, 2.75) is 32.2 Å². The molecular weight excluding hydrogens is 362 g/mol. The SMILES string of the molecule is CCc1nc(N2CCCC2)ncc1C(=O)N[C@H](c1ccccc1)c1cccnc1. The van der Waals surface area contributed by atoms with Gasteiger partial charge in [-0.15, -0.1) is 0 Å². The van der Waals surface area contributed by atoms with Gasteiger partial charge in [0, 0.05) is 31.7 Å². The number of hydrogen-bond acceptors (Lipinski definition) is 5. The van der Waals surface area contributed by atoms with Gasteiger partial charge in [0.15, 0.2) is 0 Å². The smallest absolute Gasteiger partial charge is 0.255 e. The van der Waals surface area contributed by atoms with E-state index in [1.165, 1.54) is 0 Å². The van der Waals surface area contributed by atoms with Crippen LogP contribution >= 0.6 is 0 Å². The van der Waals surface area contributed by atoms with E-state index in [-0.39, 0.29) is 11.9 Å². The van der Waals surface area contributed by atoms with Gasteiger partial charge >= 0.3 is 0 Å². The molecule has 6 heteroatoms. The summed E-state index contributed by atoms with van der Waals surface area (Å²) in [5, 5.41) is 3.16. The number of carbonyl (C=O) groups is 1. The fourth-order valence-corrected chi connectivity index (χ4v) is 3.70. The second kappa shape index (κ2) is 8.82. The van der Waals surface area contributed by atoms with E-state index in [1.807, 2.05) is 49.4 Å². The van der Waals surface area contributed by atoms with Gasteiger partial charge in [-0.2, -0.15) is 0 Å². The third-order valence-corrected chi connectivity index (χ3v) is 5.25. The topological polar surface area (TPSA) is 71.0 Å². The Hall–Kier alpha value is -3.28. The zero-order valence-corrected chi connectivity index (χ0v) is 16.6. The molecule has 1 aliphatic heterocycles. The van der Waals surface area contributed by atoms with Crippen LogP contribution in [0.2, 0.25) is 0 Å². The Morgan fingerprint density at radius 2 is 1.83 bits per heavy atom. The highest BCUT2D eigenvalue weighted by molar-refractivity contribution is 5.95. The lowest BCUT2D eigenvalue weighted by Gasteiger charge is -2.21. The van der Waals surface area contributed by atoms with Gasteiger partial charge in [0.25, 0.3) is 5.91 Å². The molecule has 1 atom stereocenters. The van der Waals surface area contributed by atoms with Crippen LogP contribution in [0, 0.1) is 0 Å². The van der Waals surface area contributed by atoms with Gasteiger partial charge < -0.3 is 10.2 Å². The average molecular weight is 387 g/mol. The number of carbonyl (C=O) groups excluding carboxylic acids is 1. The van der Waals surface area contributed by atoms with Crippen LogP contribution in [0.4, 0.5) is 5.95 Å². The van der Waals surface area contributed by atoms with Crippen LogP contribution < -0.4 is 10.2 Å². The number of nitrogens with zero attached hydrogens (tertiary/aromatic N) is 4. The molecule has 2 aromatic heterocycles. The zero-order chi connectivity index (χ0) is 20.1. The molecule has 0 bridgehead atoms. The van der Waals surface area contributed by atoms with Crippen LogP contribution in [-0.4, -0.2) is 33.9 Å². The Morgan fingerprint density at radius 3 is 2.52 bits per heavy atom. The van der Waals surface area contributed by atoms with Crippen LogP contribution in [0.3, 0.4) is 0 Å². The number of nitrogens with one attached hydrogen (secondary N) is 1. The lowest BCUT2D eigenvalue weighted by Crippen LogP contribution is -2.31. The molecule has 1 aliphatic rings. The number of aromatic nitrogens is 3. The number of amides is 1. The Bertz CT molecular complexity index is 916. The second-order valence-electron chi connectivity index (χ2n) is 7.18. The molecule has 0 radical (unpaired) electrons. The monoisotopic (exact) mass is 387 g/mol. The predicted octanol–water partition coefficient (Wildman–Crippen LogP) is 3.55. The first kappa shape index (κ1) is 19.1. The third kappa shape index (κ3) is 4.26. The van der Waals surface area contributed by atoms with E-state index >= 15 is 0 Å². The highest BCUT2D eigenvalue weighted by atomic mass is 16.1. The number of aryl methyl sites for hydroxylation is 1. The molecule has 3 aromatic rings. The number of benzene rings is 1. The van der Waals surface area contributed by atoms with Crippen LogP contribution in [0.25, 0.3) is 0 Å². The molecule has 4 rings (SSSR count). The van der Waals surface area contributed by atoms with E-state index in [1.54, 1.807) is 18.6 Å². The van der Waals surface area contributed by atoms with Crippen molar-refractivity contribution in [3.8, 4) is 0 Å². The number of rotatable bonds is 6. The van der Waals surface area contributed by atoms with Gasteiger partial charge in [0.2, 0.25) is 5.95 Å². The Labute approximate surface area is 171 Å². The predicted molar refractivity (Wildman–Crippen MR) is 113 cm³/mol. The summed E-state index contributed by atoms with van der Waals surface area (Å²) in [6.07, 6.45) is 8.18. The second-order valence-corrected chi connectivity index (χ2v) is 7.18. The lowest BCUT2D eigenvalue weighted by molar-refractivity contribution is 0.0941. The van der Waals surface area contributed by atoms with Crippen LogP contribution in [0.15, 0.2) is 61.1 Å². The highest BCUT2D eigenvalue weighted by Crippen LogP contribution is 2.23. The normalized spacial score (nSPS) is 14.6. The summed E-state index contributed by atoms with van der Waals surface area (Å²) in [5.74, 6) is 0.551. The molecule has 0 unspecified atom stereocenters. The summed E-state index contributed by atoms with van der Waals surface area (Å²) < 4.78 is 0. The fraction of sp³-hybridized carbons (Fsp3) is 0.304. The summed E-state index contributed by atoms with van der Waals surface area (Å²) in [7, 11) is 0. The molecular formula is C23H25N5O. The van der Waals surface area contributed by atoms with Crippen LogP contribution in [-0.2, 0) is 6.42 Å². The Balaban J connectivity index is 1.62. The average Bonchev–Trinajstić information content (AvgIpc) is 3.33. The largest absolute Gasteiger partial charge is 0.341 e. The molecule has 0 spiro atoms. The summed E-state index contributed by atoms with van der Waals surface area (Å²) in [4.78, 5) is 28.8. The van der Waals surface area contributed by atoms with Crippen molar-refractivity contribution in [3.05, 3.63) is 83.4 Å². The minimum atomic E-state index is -0.291. The van der Waals surface area contributed by atoms with Crippen LogP contribution in [0.5, 0.6) is 0 Å². The van der Waals surface area contributed by atoms with Crippen molar-refractivity contribution in [2.75, 3.05) is 18.0 Å². The maximum absolute atomic E-state index is 13.2. The number of hydrogen-bond donors (Lipinski definition) is 1. The molecule has 1 fully saturated rings. The van der Waals surface area contributed by atoms with Crippen molar-refractivity contribution < 1.29 is 4.79 Å². The van der Waals surface area contributed by atoms with Gasteiger partial charge in [-0.3, -0.25) is 9.78 Å². The summed E-state index contributed by atoms with van der Waals surface area (Å²) >= 11 is 0. The molecule has 1 saturated heterocycles. The van der Waals surface area contributed by atoms with E-state index in [2.05, 4.69) is 25.2 Å². The van der Waals surface area contributed by atoms with Gasteiger partial charge in [0.05, 0.1) is 17.3 Å². The van der Waals surface area contributed by atoms with Gasteiger partial charge in [-0.25, -0.2) is 9.97 Å². The molecule has 0 saturated carbocycles. The number of pyridine rings is 1. The van der Waals surface area contributed by atoms with Gasteiger partial charge in [-0.1, -0.05) is 43.3 Å². The molecule has 29 heavy (non-hydrogen) atoms. The Morgan fingerprint density at radius 1 is 1.07 bits per heavy atom. The zero-order valence-electron chi connectivity index (χ0n) is 16.6. The van der Waals surface area contributed by atoms with E-state index in [0.717, 1.165) is 48.7 Å². The standard InChI is InChI=1S/C23H25N5O/c1-2-20-19(16-25-23(26-20)28-13-6-7-14-28)22(29)27-21(17-9-4-3-5-10-17)18-11-8-12-24-15-18/h3-5,8-12,15-16,21H,2,6-7,13-14H2,1H3,(H,27,29)/t21-/m1/s1. The van der Waals surface area contributed by atoms with Crippen LogP contribution in [0.1, 0.15) is 53.0 Å². The first-order chi connectivity index (χ1) is 14.3. The summed E-state index contributed by atoms with van der Waals surface area (Å²) in [6, 6.07) is 13.5. The molecule has 1 aromatic carbocycles. The van der Waals surface area contributed by atoms with Gasteiger partial charge in [-0.05, 0) is 36.5 Å². The van der Waals surface area contributed by atoms with E-state index in [4.69, 9.17) is 0 Å². The minimum absolute atomic E-state index is 0.174. The fourth-order valence-electron chi connectivity index (χ4n) is 3.70. The molecule has 6 nitrogen and oxygen atoms in total. The van der Waals surface area contributed by atoms with Crippen molar-refractivity contribution in [1.29, 1.82) is 0 Å². The maximum atomic E-state index is 13.2. The van der Waals surface area contributed by atoms with E-state index < -0.39 is 0 Å². The molecule has 1 N–H and O–H groups in total. The highest BCUT2D eigenvalue weighted by Gasteiger charge is 2.22. The van der Waals surface area contributed by atoms with E-state index in [0.29, 0.717) is 12.0 Å². The van der Waals surface area contributed by atoms with Crippen molar-refractivity contribution in [3.63, 3.8) is 0 Å². The molecule has 3 heterocycles.